The first-order chi connectivity index (χ1) is 8.65. The largest absolute Gasteiger partial charge is 0.387 e. The summed E-state index contributed by atoms with van der Waals surface area (Å²) in [6.07, 6.45) is 3.44. The van der Waals surface area contributed by atoms with E-state index in [9.17, 15) is 5.11 Å². The number of nitrogens with one attached hydrogen (secondary N) is 1. The first-order valence-corrected chi connectivity index (χ1v) is 7.11. The summed E-state index contributed by atoms with van der Waals surface area (Å²) in [6, 6.07) is 10.5. The molecule has 1 fully saturated rings. The predicted molar refractivity (Wildman–Crippen MR) is 75.4 cm³/mol. The smallest absolute Gasteiger partial charge is 0.0914 e. The van der Waals surface area contributed by atoms with Crippen LogP contribution in [0.15, 0.2) is 30.3 Å². The maximum atomic E-state index is 10.1. The Morgan fingerprint density at radius 2 is 1.72 bits per heavy atom. The van der Waals surface area contributed by atoms with Crippen LogP contribution in [0.5, 0.6) is 0 Å². The molecular weight excluding hydrogens is 222 g/mol. The van der Waals surface area contributed by atoms with Gasteiger partial charge in [-0.3, -0.25) is 0 Å². The van der Waals surface area contributed by atoms with Crippen LogP contribution in [0.4, 0.5) is 0 Å². The molecule has 0 amide bonds. The van der Waals surface area contributed by atoms with Gasteiger partial charge in [0.25, 0.3) is 0 Å². The Bertz CT molecular complexity index is 341. The molecule has 1 aromatic carbocycles. The van der Waals surface area contributed by atoms with Gasteiger partial charge in [-0.05, 0) is 36.7 Å². The molecule has 2 rings (SSSR count). The highest BCUT2D eigenvalue weighted by Gasteiger charge is 2.23. The molecule has 1 aliphatic rings. The van der Waals surface area contributed by atoms with Gasteiger partial charge >= 0.3 is 0 Å². The summed E-state index contributed by atoms with van der Waals surface area (Å²) in [5, 5.41) is 13.7. The van der Waals surface area contributed by atoms with Crippen molar-refractivity contribution in [2.45, 2.75) is 45.3 Å². The van der Waals surface area contributed by atoms with E-state index in [2.05, 4.69) is 19.2 Å². The van der Waals surface area contributed by atoms with Crippen molar-refractivity contribution in [1.82, 2.24) is 5.32 Å². The van der Waals surface area contributed by atoms with Gasteiger partial charge < -0.3 is 10.4 Å². The van der Waals surface area contributed by atoms with Gasteiger partial charge in [-0.1, -0.05) is 44.2 Å². The maximum absolute atomic E-state index is 10.1. The SMILES string of the molecule is CC1CC(C)CC(NCC(O)c2ccccc2)C1. The zero-order valence-electron chi connectivity index (χ0n) is 11.5. The zero-order valence-corrected chi connectivity index (χ0v) is 11.5. The van der Waals surface area contributed by atoms with Crippen molar-refractivity contribution in [3.63, 3.8) is 0 Å². The maximum Gasteiger partial charge on any atom is 0.0914 e. The summed E-state index contributed by atoms with van der Waals surface area (Å²) in [5.41, 5.74) is 1.00. The van der Waals surface area contributed by atoms with Crippen LogP contribution in [0.1, 0.15) is 44.8 Å². The van der Waals surface area contributed by atoms with Crippen molar-refractivity contribution in [1.29, 1.82) is 0 Å². The molecule has 3 atom stereocenters. The molecule has 1 saturated carbocycles. The first-order valence-electron chi connectivity index (χ1n) is 7.11. The highest BCUT2D eigenvalue weighted by Crippen LogP contribution is 2.28. The standard InChI is InChI=1S/C16H25NO/c1-12-8-13(2)10-15(9-12)17-11-16(18)14-6-4-3-5-7-14/h3-7,12-13,15-18H,8-11H2,1-2H3. The van der Waals surface area contributed by atoms with E-state index in [-0.39, 0.29) is 0 Å². The summed E-state index contributed by atoms with van der Waals surface area (Å²) in [4.78, 5) is 0. The van der Waals surface area contributed by atoms with Gasteiger partial charge in [0.2, 0.25) is 0 Å². The van der Waals surface area contributed by atoms with Crippen LogP contribution in [0.25, 0.3) is 0 Å². The van der Waals surface area contributed by atoms with Gasteiger partial charge in [-0.2, -0.15) is 0 Å². The zero-order chi connectivity index (χ0) is 13.0. The van der Waals surface area contributed by atoms with E-state index < -0.39 is 6.10 Å². The molecule has 0 heterocycles. The molecule has 18 heavy (non-hydrogen) atoms. The first kappa shape index (κ1) is 13.6. The minimum absolute atomic E-state index is 0.390. The van der Waals surface area contributed by atoms with Gasteiger partial charge in [0.05, 0.1) is 6.10 Å². The highest BCUT2D eigenvalue weighted by molar-refractivity contribution is 5.17. The van der Waals surface area contributed by atoms with E-state index >= 15 is 0 Å². The lowest BCUT2D eigenvalue weighted by Crippen LogP contribution is -2.38. The second kappa shape index (κ2) is 6.35. The Kier molecular flexibility index (Phi) is 4.79. The molecule has 100 valence electrons. The Morgan fingerprint density at radius 1 is 1.11 bits per heavy atom. The van der Waals surface area contributed by atoms with Crippen molar-refractivity contribution < 1.29 is 5.11 Å². The molecule has 0 radical (unpaired) electrons. The summed E-state index contributed by atoms with van der Waals surface area (Å²) < 4.78 is 0. The normalized spacial score (nSPS) is 30.1. The third-order valence-electron chi connectivity index (χ3n) is 3.96. The molecular formula is C16H25NO. The van der Waals surface area contributed by atoms with Crippen LogP contribution in [0.3, 0.4) is 0 Å². The average molecular weight is 247 g/mol. The lowest BCUT2D eigenvalue weighted by atomic mass is 9.80. The van der Waals surface area contributed by atoms with Gasteiger partial charge in [0, 0.05) is 12.6 Å². The van der Waals surface area contributed by atoms with Crippen LogP contribution in [-0.4, -0.2) is 17.7 Å². The number of benzene rings is 1. The molecule has 2 nitrogen and oxygen atoms in total. The molecule has 2 N–H and O–H groups in total. The van der Waals surface area contributed by atoms with Crippen molar-refractivity contribution in [3.8, 4) is 0 Å². The van der Waals surface area contributed by atoms with Gasteiger partial charge in [-0.25, -0.2) is 0 Å². The minimum atomic E-state index is -0.390. The fourth-order valence-corrected chi connectivity index (χ4v) is 3.18. The molecule has 0 bridgehead atoms. The Morgan fingerprint density at radius 3 is 2.33 bits per heavy atom. The summed E-state index contributed by atoms with van der Waals surface area (Å²) in [5.74, 6) is 1.61. The van der Waals surface area contributed by atoms with Crippen molar-refractivity contribution >= 4 is 0 Å². The fraction of sp³-hybridized carbons (Fsp3) is 0.625. The van der Waals surface area contributed by atoms with Crippen LogP contribution in [-0.2, 0) is 0 Å². The number of hydrogen-bond donors (Lipinski definition) is 2. The van der Waals surface area contributed by atoms with E-state index in [0.29, 0.717) is 12.6 Å². The van der Waals surface area contributed by atoms with Crippen molar-refractivity contribution in [3.05, 3.63) is 35.9 Å². The molecule has 0 saturated heterocycles. The van der Waals surface area contributed by atoms with Crippen molar-refractivity contribution in [2.75, 3.05) is 6.54 Å². The van der Waals surface area contributed by atoms with Gasteiger partial charge in [0.15, 0.2) is 0 Å². The highest BCUT2D eigenvalue weighted by atomic mass is 16.3. The lowest BCUT2D eigenvalue weighted by Gasteiger charge is -2.32. The number of aliphatic hydroxyl groups is 1. The number of aliphatic hydroxyl groups excluding tert-OH is 1. The monoisotopic (exact) mass is 247 g/mol. The van der Waals surface area contributed by atoms with Crippen LogP contribution in [0, 0.1) is 11.8 Å². The van der Waals surface area contributed by atoms with Gasteiger partial charge in [0.1, 0.15) is 0 Å². The second-order valence-electron chi connectivity index (χ2n) is 5.95. The Labute approximate surface area is 110 Å². The molecule has 0 aromatic heterocycles. The summed E-state index contributed by atoms with van der Waals surface area (Å²) in [7, 11) is 0. The van der Waals surface area contributed by atoms with E-state index in [1.165, 1.54) is 19.3 Å². The van der Waals surface area contributed by atoms with E-state index in [1.54, 1.807) is 0 Å². The Balaban J connectivity index is 1.81. The quantitative estimate of drug-likeness (QED) is 0.856. The molecule has 1 aromatic rings. The minimum Gasteiger partial charge on any atom is -0.387 e. The second-order valence-corrected chi connectivity index (χ2v) is 5.95. The van der Waals surface area contributed by atoms with Crippen LogP contribution in [0.2, 0.25) is 0 Å². The third-order valence-corrected chi connectivity index (χ3v) is 3.96. The topological polar surface area (TPSA) is 32.3 Å². The van der Waals surface area contributed by atoms with Gasteiger partial charge in [-0.15, -0.1) is 0 Å². The molecule has 2 heteroatoms. The van der Waals surface area contributed by atoms with Crippen molar-refractivity contribution in [2.24, 2.45) is 11.8 Å². The van der Waals surface area contributed by atoms with E-state index in [4.69, 9.17) is 0 Å². The molecule has 0 aliphatic heterocycles. The summed E-state index contributed by atoms with van der Waals surface area (Å²) in [6.45, 7) is 5.32. The average Bonchev–Trinajstić information content (AvgIpc) is 2.36. The predicted octanol–water partition coefficient (Wildman–Crippen LogP) is 3.13. The summed E-state index contributed by atoms with van der Waals surface area (Å²) >= 11 is 0. The number of hydrogen-bond acceptors (Lipinski definition) is 2. The molecule has 0 spiro atoms. The Hall–Kier alpha value is -0.860. The van der Waals surface area contributed by atoms with Crippen LogP contribution < -0.4 is 5.32 Å². The van der Waals surface area contributed by atoms with Crippen LogP contribution >= 0.6 is 0 Å². The van der Waals surface area contributed by atoms with E-state index in [0.717, 1.165) is 17.4 Å². The fourth-order valence-electron chi connectivity index (χ4n) is 3.18. The van der Waals surface area contributed by atoms with E-state index in [1.807, 2.05) is 30.3 Å². The third kappa shape index (κ3) is 3.82. The lowest BCUT2D eigenvalue weighted by molar-refractivity contribution is 0.155. The molecule has 1 aliphatic carbocycles. The number of rotatable bonds is 4. The molecule has 3 unspecified atom stereocenters.